The summed E-state index contributed by atoms with van der Waals surface area (Å²) in [4.78, 5) is 12.4. The first-order valence-electron chi connectivity index (χ1n) is 9.53. The lowest BCUT2D eigenvalue weighted by Gasteiger charge is -2.30. The fraction of sp³-hybridized carbons (Fsp3) is 0.292. The molecule has 1 unspecified atom stereocenters. The third-order valence-corrected chi connectivity index (χ3v) is 4.22. The van der Waals surface area contributed by atoms with Gasteiger partial charge in [-0.1, -0.05) is 48.4 Å². The number of carbonyl (C=O) groups excluding carboxylic acids is 1. The molecule has 0 spiro atoms. The number of alkyl halides is 3. The van der Waals surface area contributed by atoms with Gasteiger partial charge >= 0.3 is 12.1 Å². The van der Waals surface area contributed by atoms with Crippen LogP contribution in [0.25, 0.3) is 0 Å². The van der Waals surface area contributed by atoms with Crippen molar-refractivity contribution in [1.82, 2.24) is 0 Å². The van der Waals surface area contributed by atoms with Crippen LogP contribution in [0.1, 0.15) is 18.9 Å². The number of carbonyl (C=O) groups is 1. The predicted molar refractivity (Wildman–Crippen MR) is 112 cm³/mol. The second kappa shape index (κ2) is 11.0. The van der Waals surface area contributed by atoms with Crippen LogP contribution in [-0.4, -0.2) is 31.4 Å². The molecule has 0 aliphatic heterocycles. The molecule has 2 aromatic carbocycles. The van der Waals surface area contributed by atoms with Crippen molar-refractivity contribution in [1.29, 1.82) is 0 Å². The van der Waals surface area contributed by atoms with Crippen LogP contribution in [0.5, 0.6) is 5.75 Å². The second-order valence-electron chi connectivity index (χ2n) is 6.33. The lowest BCUT2D eigenvalue weighted by atomic mass is 9.98. The quantitative estimate of drug-likeness (QED) is 0.516. The molecule has 0 fully saturated rings. The standard InChI is InChI=1S/C24H22F3NO3/c1-3-31-22(29)23(24(25,26)27,28-20-16-10-11-17-21(20)30-2)18-12-5-4-7-13-19-14-8-6-9-15-19/h6,8-11,14-17,28H,3,7,13H2,1-2H3. The maximum atomic E-state index is 14.1. The summed E-state index contributed by atoms with van der Waals surface area (Å²) >= 11 is 0. The van der Waals surface area contributed by atoms with E-state index in [0.29, 0.717) is 12.8 Å². The van der Waals surface area contributed by atoms with Gasteiger partial charge in [0.05, 0.1) is 19.4 Å². The summed E-state index contributed by atoms with van der Waals surface area (Å²) in [5, 5.41) is 2.19. The molecule has 31 heavy (non-hydrogen) atoms. The van der Waals surface area contributed by atoms with Crippen LogP contribution in [0.3, 0.4) is 0 Å². The Balaban J connectivity index is 2.35. The van der Waals surface area contributed by atoms with Crippen LogP contribution in [0.2, 0.25) is 0 Å². The van der Waals surface area contributed by atoms with Crippen LogP contribution in [0, 0.1) is 23.7 Å². The van der Waals surface area contributed by atoms with Gasteiger partial charge in [-0.25, -0.2) is 4.79 Å². The molecule has 0 radical (unpaired) electrons. The third-order valence-electron chi connectivity index (χ3n) is 4.22. The molecule has 0 bridgehead atoms. The van der Waals surface area contributed by atoms with Crippen LogP contribution >= 0.6 is 0 Å². The highest BCUT2D eigenvalue weighted by Crippen LogP contribution is 2.37. The molecule has 4 nitrogen and oxygen atoms in total. The van der Waals surface area contributed by atoms with Crippen molar-refractivity contribution in [3.8, 4) is 29.4 Å². The van der Waals surface area contributed by atoms with E-state index in [9.17, 15) is 18.0 Å². The number of aryl methyl sites for hydroxylation is 1. The van der Waals surface area contributed by atoms with Crippen molar-refractivity contribution in [3.05, 3.63) is 60.2 Å². The number of esters is 1. The molecule has 162 valence electrons. The number of anilines is 1. The van der Waals surface area contributed by atoms with Crippen molar-refractivity contribution < 1.29 is 27.4 Å². The van der Waals surface area contributed by atoms with E-state index in [1.54, 1.807) is 6.07 Å². The van der Waals surface area contributed by atoms with E-state index in [2.05, 4.69) is 23.1 Å². The monoisotopic (exact) mass is 429 g/mol. The number of benzene rings is 2. The van der Waals surface area contributed by atoms with E-state index in [-0.39, 0.29) is 18.0 Å². The topological polar surface area (TPSA) is 47.6 Å². The zero-order chi connectivity index (χ0) is 22.7. The maximum absolute atomic E-state index is 14.1. The average Bonchev–Trinajstić information content (AvgIpc) is 2.75. The summed E-state index contributed by atoms with van der Waals surface area (Å²) in [6.07, 6.45) is -4.03. The Kier molecular flexibility index (Phi) is 8.40. The number of hydrogen-bond acceptors (Lipinski definition) is 4. The molecule has 2 aromatic rings. The van der Waals surface area contributed by atoms with E-state index in [1.807, 2.05) is 36.3 Å². The summed E-state index contributed by atoms with van der Waals surface area (Å²) in [6, 6.07) is 15.5. The minimum absolute atomic E-state index is 0.0540. The molecule has 0 saturated heterocycles. The second-order valence-corrected chi connectivity index (χ2v) is 6.33. The molecule has 0 heterocycles. The van der Waals surface area contributed by atoms with Gasteiger partial charge in [0.15, 0.2) is 0 Å². The Morgan fingerprint density at radius 3 is 2.35 bits per heavy atom. The zero-order valence-electron chi connectivity index (χ0n) is 17.2. The third kappa shape index (κ3) is 6.20. The van der Waals surface area contributed by atoms with Crippen molar-refractivity contribution in [3.63, 3.8) is 0 Å². The highest BCUT2D eigenvalue weighted by atomic mass is 19.4. The molecule has 1 N–H and O–H groups in total. The Bertz CT molecular complexity index is 998. The molecule has 0 aromatic heterocycles. The Morgan fingerprint density at radius 2 is 1.71 bits per heavy atom. The van der Waals surface area contributed by atoms with Gasteiger partial charge in [0.25, 0.3) is 5.54 Å². The highest BCUT2D eigenvalue weighted by molar-refractivity contribution is 5.91. The Labute approximate surface area is 179 Å². The first-order chi connectivity index (χ1) is 14.8. The number of nitrogens with one attached hydrogen (secondary N) is 1. The molecule has 0 amide bonds. The largest absolute Gasteiger partial charge is 0.495 e. The molecule has 1 atom stereocenters. The van der Waals surface area contributed by atoms with E-state index in [1.165, 1.54) is 32.2 Å². The van der Waals surface area contributed by atoms with E-state index in [4.69, 9.17) is 9.47 Å². The summed E-state index contributed by atoms with van der Waals surface area (Å²) < 4.78 is 52.1. The van der Waals surface area contributed by atoms with Gasteiger partial charge in [0.1, 0.15) is 5.75 Å². The smallest absolute Gasteiger partial charge is 0.434 e. The highest BCUT2D eigenvalue weighted by Gasteiger charge is 2.62. The fourth-order valence-corrected chi connectivity index (χ4v) is 2.66. The zero-order valence-corrected chi connectivity index (χ0v) is 17.2. The van der Waals surface area contributed by atoms with Crippen molar-refractivity contribution in [2.24, 2.45) is 0 Å². The summed E-state index contributed by atoms with van der Waals surface area (Å²) in [5.41, 5.74) is -2.30. The Hall–Kier alpha value is -3.58. The van der Waals surface area contributed by atoms with Crippen LogP contribution in [0.4, 0.5) is 18.9 Å². The predicted octanol–water partition coefficient (Wildman–Crippen LogP) is 4.61. The van der Waals surface area contributed by atoms with Gasteiger partial charge < -0.3 is 14.8 Å². The van der Waals surface area contributed by atoms with Crippen LogP contribution in [0.15, 0.2) is 54.6 Å². The summed E-state index contributed by atoms with van der Waals surface area (Å²) in [6.45, 7) is 1.17. The van der Waals surface area contributed by atoms with Crippen molar-refractivity contribution >= 4 is 11.7 Å². The van der Waals surface area contributed by atoms with Crippen LogP contribution < -0.4 is 10.1 Å². The lowest BCUT2D eigenvalue weighted by Crippen LogP contribution is -2.58. The molecule has 0 aliphatic rings. The Morgan fingerprint density at radius 1 is 1.03 bits per heavy atom. The summed E-state index contributed by atoms with van der Waals surface area (Å²) in [5.74, 6) is 7.83. The molecular weight excluding hydrogens is 407 g/mol. The van der Waals surface area contributed by atoms with Gasteiger partial charge in [0.2, 0.25) is 0 Å². The molecule has 2 rings (SSSR count). The van der Waals surface area contributed by atoms with Gasteiger partial charge in [-0.3, -0.25) is 0 Å². The van der Waals surface area contributed by atoms with Gasteiger partial charge in [-0.05, 0) is 48.8 Å². The van der Waals surface area contributed by atoms with Gasteiger partial charge in [0, 0.05) is 6.42 Å². The molecule has 0 aliphatic carbocycles. The van der Waals surface area contributed by atoms with Gasteiger partial charge in [-0.15, -0.1) is 0 Å². The van der Waals surface area contributed by atoms with E-state index in [0.717, 1.165) is 5.56 Å². The first kappa shape index (κ1) is 23.7. The van der Waals surface area contributed by atoms with Crippen molar-refractivity contribution in [2.75, 3.05) is 19.0 Å². The van der Waals surface area contributed by atoms with E-state index >= 15 is 0 Å². The number of ether oxygens (including phenoxy) is 2. The number of para-hydroxylation sites is 2. The van der Waals surface area contributed by atoms with Crippen LogP contribution in [-0.2, 0) is 16.0 Å². The minimum atomic E-state index is -5.08. The minimum Gasteiger partial charge on any atom is -0.495 e. The SMILES string of the molecule is CCOC(=O)C(C#CC#CCCc1ccccc1)(Nc1ccccc1OC)C(F)(F)F. The molecule has 7 heteroatoms. The maximum Gasteiger partial charge on any atom is 0.434 e. The molecule has 0 saturated carbocycles. The number of hydrogen-bond donors (Lipinski definition) is 1. The molecular formula is C24H22F3NO3. The number of halogens is 3. The van der Waals surface area contributed by atoms with Crippen molar-refractivity contribution in [2.45, 2.75) is 31.5 Å². The first-order valence-corrected chi connectivity index (χ1v) is 9.53. The fourth-order valence-electron chi connectivity index (χ4n) is 2.66. The summed E-state index contributed by atoms with van der Waals surface area (Å²) in [7, 11) is 1.31. The lowest BCUT2D eigenvalue weighted by molar-refractivity contribution is -0.188. The number of methoxy groups -OCH3 is 1. The normalized spacial score (nSPS) is 12.3. The number of rotatable bonds is 7. The van der Waals surface area contributed by atoms with E-state index < -0.39 is 17.7 Å². The van der Waals surface area contributed by atoms with Gasteiger partial charge in [-0.2, -0.15) is 13.2 Å². The average molecular weight is 429 g/mol.